The van der Waals surface area contributed by atoms with Crippen LogP contribution in [0.3, 0.4) is 0 Å². The van der Waals surface area contributed by atoms with Gasteiger partial charge in [0.15, 0.2) is 5.82 Å². The number of aromatic nitrogens is 4. The van der Waals surface area contributed by atoms with Crippen LogP contribution in [0.5, 0.6) is 0 Å². The standard InChI is InChI=1S/C19H15N5O/c1-12-22-9-14(10-23-12)13-2-3-15-16(8-13)24(17-11-20-6-7-21-17)18(25)19(15)4-5-19/h2-3,6-11H,4-5H2,1H3. The number of carbonyl (C=O) groups excluding carboxylic acids is 1. The van der Waals surface area contributed by atoms with Gasteiger partial charge in [-0.3, -0.25) is 14.7 Å². The van der Waals surface area contributed by atoms with Crippen LogP contribution < -0.4 is 4.90 Å². The first-order valence-electron chi connectivity index (χ1n) is 8.23. The molecular formula is C19H15N5O. The largest absolute Gasteiger partial charge is 0.273 e. The highest BCUT2D eigenvalue weighted by Gasteiger charge is 2.59. The van der Waals surface area contributed by atoms with Crippen molar-refractivity contribution in [1.82, 2.24) is 19.9 Å². The molecule has 0 bridgehead atoms. The maximum atomic E-state index is 13.1. The van der Waals surface area contributed by atoms with Gasteiger partial charge in [0.1, 0.15) is 5.82 Å². The summed E-state index contributed by atoms with van der Waals surface area (Å²) in [6.45, 7) is 1.86. The smallest absolute Gasteiger partial charge is 0.243 e. The van der Waals surface area contributed by atoms with Crippen LogP contribution in [-0.4, -0.2) is 25.8 Å². The molecule has 1 saturated carbocycles. The molecule has 3 aromatic rings. The number of nitrogens with zero attached hydrogens (tertiary/aromatic N) is 5. The second-order valence-electron chi connectivity index (χ2n) is 6.54. The van der Waals surface area contributed by atoms with E-state index in [1.54, 1.807) is 35.9 Å². The third-order valence-electron chi connectivity index (χ3n) is 5.01. The number of amides is 1. The van der Waals surface area contributed by atoms with Crippen molar-refractivity contribution in [2.24, 2.45) is 0 Å². The summed E-state index contributed by atoms with van der Waals surface area (Å²) in [5.41, 5.74) is 3.52. The molecule has 0 atom stereocenters. The van der Waals surface area contributed by atoms with Crippen molar-refractivity contribution in [1.29, 1.82) is 0 Å². The second kappa shape index (κ2) is 4.92. The number of hydrogen-bond acceptors (Lipinski definition) is 5. The fourth-order valence-corrected chi connectivity index (χ4v) is 3.52. The Hall–Kier alpha value is -3.15. The molecule has 25 heavy (non-hydrogen) atoms. The normalized spacial score (nSPS) is 17.0. The van der Waals surface area contributed by atoms with Gasteiger partial charge in [-0.15, -0.1) is 0 Å². The zero-order valence-electron chi connectivity index (χ0n) is 13.7. The first kappa shape index (κ1) is 14.2. The average molecular weight is 329 g/mol. The van der Waals surface area contributed by atoms with Crippen LogP contribution in [0.1, 0.15) is 24.2 Å². The summed E-state index contributed by atoms with van der Waals surface area (Å²) in [6, 6.07) is 6.13. The van der Waals surface area contributed by atoms with Gasteiger partial charge < -0.3 is 0 Å². The number of aryl methyl sites for hydroxylation is 1. The lowest BCUT2D eigenvalue weighted by molar-refractivity contribution is -0.119. The third kappa shape index (κ3) is 2.00. The highest BCUT2D eigenvalue weighted by molar-refractivity contribution is 6.14. The van der Waals surface area contributed by atoms with E-state index in [1.165, 1.54) is 0 Å². The zero-order chi connectivity index (χ0) is 17.0. The fourth-order valence-electron chi connectivity index (χ4n) is 3.52. The maximum absolute atomic E-state index is 13.1. The lowest BCUT2D eigenvalue weighted by atomic mass is 9.96. The van der Waals surface area contributed by atoms with Gasteiger partial charge in [0, 0.05) is 30.4 Å². The number of hydrogen-bond donors (Lipinski definition) is 0. The van der Waals surface area contributed by atoms with Gasteiger partial charge >= 0.3 is 0 Å². The predicted molar refractivity (Wildman–Crippen MR) is 92.3 cm³/mol. The van der Waals surface area contributed by atoms with Gasteiger partial charge in [0.05, 0.1) is 17.3 Å². The van der Waals surface area contributed by atoms with Crippen LogP contribution in [-0.2, 0) is 10.2 Å². The Morgan fingerprint density at radius 2 is 1.80 bits per heavy atom. The van der Waals surface area contributed by atoms with Crippen molar-refractivity contribution in [3.8, 4) is 11.1 Å². The van der Waals surface area contributed by atoms with Crippen LogP contribution in [0.4, 0.5) is 11.5 Å². The molecule has 1 spiro atoms. The highest BCUT2D eigenvalue weighted by atomic mass is 16.2. The van der Waals surface area contributed by atoms with Crippen molar-refractivity contribution in [3.05, 3.63) is 60.6 Å². The molecule has 1 aliphatic carbocycles. The summed E-state index contributed by atoms with van der Waals surface area (Å²) < 4.78 is 0. The predicted octanol–water partition coefficient (Wildman–Crippen LogP) is 2.95. The monoisotopic (exact) mass is 329 g/mol. The van der Waals surface area contributed by atoms with E-state index >= 15 is 0 Å². The Labute approximate surface area is 144 Å². The average Bonchev–Trinajstić information content (AvgIpc) is 3.41. The van der Waals surface area contributed by atoms with Crippen molar-refractivity contribution >= 4 is 17.4 Å². The fraction of sp³-hybridized carbons (Fsp3) is 0.211. The first-order valence-corrected chi connectivity index (χ1v) is 8.23. The number of fused-ring (bicyclic) bond motifs is 2. The van der Waals surface area contributed by atoms with E-state index in [0.717, 1.165) is 41.0 Å². The van der Waals surface area contributed by atoms with Crippen molar-refractivity contribution < 1.29 is 4.79 Å². The summed E-state index contributed by atoms with van der Waals surface area (Å²) in [5, 5.41) is 0. The SMILES string of the molecule is Cc1ncc(-c2ccc3c(c2)N(c2cnccn2)C(=O)C32CC2)cn1. The van der Waals surface area contributed by atoms with Crippen LogP contribution >= 0.6 is 0 Å². The molecule has 6 nitrogen and oxygen atoms in total. The Morgan fingerprint density at radius 3 is 2.48 bits per heavy atom. The Balaban J connectivity index is 1.67. The zero-order valence-corrected chi connectivity index (χ0v) is 13.7. The van der Waals surface area contributed by atoms with Crippen molar-refractivity contribution in [2.45, 2.75) is 25.2 Å². The van der Waals surface area contributed by atoms with Gasteiger partial charge in [-0.1, -0.05) is 12.1 Å². The van der Waals surface area contributed by atoms with E-state index in [1.807, 2.05) is 19.1 Å². The molecule has 2 aromatic heterocycles. The van der Waals surface area contributed by atoms with Crippen LogP contribution in [0.2, 0.25) is 0 Å². The van der Waals surface area contributed by atoms with Gasteiger partial charge in [-0.2, -0.15) is 0 Å². The van der Waals surface area contributed by atoms with Crippen LogP contribution in [0.15, 0.2) is 49.2 Å². The Morgan fingerprint density at radius 1 is 1.00 bits per heavy atom. The Kier molecular flexibility index (Phi) is 2.80. The first-order chi connectivity index (χ1) is 12.2. The molecule has 1 amide bonds. The highest BCUT2D eigenvalue weighted by Crippen LogP contribution is 2.59. The van der Waals surface area contributed by atoms with Crippen molar-refractivity contribution in [2.75, 3.05) is 4.90 Å². The topological polar surface area (TPSA) is 71.9 Å². The molecule has 3 heterocycles. The summed E-state index contributed by atoms with van der Waals surface area (Å²) in [4.78, 5) is 31.8. The number of anilines is 2. The summed E-state index contributed by atoms with van der Waals surface area (Å²) >= 11 is 0. The molecule has 0 radical (unpaired) electrons. The van der Waals surface area contributed by atoms with E-state index in [0.29, 0.717) is 5.82 Å². The molecule has 1 aromatic carbocycles. The van der Waals surface area contributed by atoms with E-state index in [-0.39, 0.29) is 11.3 Å². The van der Waals surface area contributed by atoms with Gasteiger partial charge in [0.25, 0.3) is 0 Å². The molecule has 0 unspecified atom stereocenters. The van der Waals surface area contributed by atoms with E-state index in [9.17, 15) is 4.79 Å². The summed E-state index contributed by atoms with van der Waals surface area (Å²) in [7, 11) is 0. The maximum Gasteiger partial charge on any atom is 0.243 e. The Bertz CT molecular complexity index is 980. The minimum absolute atomic E-state index is 0.0975. The third-order valence-corrected chi connectivity index (χ3v) is 5.01. The number of benzene rings is 1. The van der Waals surface area contributed by atoms with E-state index in [2.05, 4.69) is 26.0 Å². The lowest BCUT2D eigenvalue weighted by Gasteiger charge is -2.16. The lowest BCUT2D eigenvalue weighted by Crippen LogP contribution is -2.28. The molecule has 0 saturated heterocycles. The molecule has 122 valence electrons. The quantitative estimate of drug-likeness (QED) is 0.723. The molecule has 0 N–H and O–H groups in total. The molecule has 1 aliphatic heterocycles. The molecule has 5 rings (SSSR count). The second-order valence-corrected chi connectivity index (χ2v) is 6.54. The van der Waals surface area contributed by atoms with Crippen LogP contribution in [0.25, 0.3) is 11.1 Å². The van der Waals surface area contributed by atoms with E-state index in [4.69, 9.17) is 0 Å². The van der Waals surface area contributed by atoms with Gasteiger partial charge in [-0.25, -0.2) is 15.0 Å². The van der Waals surface area contributed by atoms with Gasteiger partial charge in [-0.05, 0) is 37.0 Å². The van der Waals surface area contributed by atoms with E-state index < -0.39 is 0 Å². The van der Waals surface area contributed by atoms with Crippen molar-refractivity contribution in [3.63, 3.8) is 0 Å². The number of rotatable bonds is 2. The molecule has 6 heteroatoms. The summed E-state index contributed by atoms with van der Waals surface area (Å²) in [6.07, 6.45) is 10.2. The minimum Gasteiger partial charge on any atom is -0.273 e. The van der Waals surface area contributed by atoms with Gasteiger partial charge in [0.2, 0.25) is 5.91 Å². The van der Waals surface area contributed by atoms with Crippen LogP contribution in [0, 0.1) is 6.92 Å². The summed E-state index contributed by atoms with van der Waals surface area (Å²) in [5.74, 6) is 1.40. The molecular weight excluding hydrogens is 314 g/mol. The molecule has 2 aliphatic rings. The minimum atomic E-state index is -0.366. The molecule has 1 fully saturated rings. The number of carbonyl (C=O) groups is 1.